The van der Waals surface area contributed by atoms with Crippen molar-refractivity contribution in [1.82, 2.24) is 5.43 Å². The maximum atomic E-state index is 5.62. The number of nitrogens with two attached hydrogens (primary N) is 1. The predicted octanol–water partition coefficient (Wildman–Crippen LogP) is 2.60. The Balaban J connectivity index is 2.15. The summed E-state index contributed by atoms with van der Waals surface area (Å²) < 4.78 is 5.62. The van der Waals surface area contributed by atoms with Crippen LogP contribution >= 0.6 is 0 Å². The van der Waals surface area contributed by atoms with E-state index in [1.807, 2.05) is 0 Å². The van der Waals surface area contributed by atoms with Crippen molar-refractivity contribution in [3.63, 3.8) is 0 Å². The van der Waals surface area contributed by atoms with Gasteiger partial charge < -0.3 is 4.74 Å². The summed E-state index contributed by atoms with van der Waals surface area (Å²) in [6.45, 7) is 7.79. The molecule has 1 heterocycles. The molecule has 0 bridgehead atoms. The Labute approximate surface area is 100 Å². The van der Waals surface area contributed by atoms with E-state index in [1.54, 1.807) is 0 Å². The second-order valence-electron chi connectivity index (χ2n) is 6.18. The Kier molecular flexibility index (Phi) is 5.73. The van der Waals surface area contributed by atoms with Crippen molar-refractivity contribution in [2.45, 2.75) is 71.4 Å². The van der Waals surface area contributed by atoms with Crippen LogP contribution in [0.4, 0.5) is 0 Å². The molecule has 1 fully saturated rings. The lowest BCUT2D eigenvalue weighted by Gasteiger charge is -2.23. The molecule has 0 aromatic carbocycles. The molecule has 0 aliphatic carbocycles. The summed E-state index contributed by atoms with van der Waals surface area (Å²) in [5.41, 5.74) is 3.34. The maximum Gasteiger partial charge on any atom is 0.0576 e. The Morgan fingerprint density at radius 2 is 2.12 bits per heavy atom. The summed E-state index contributed by atoms with van der Waals surface area (Å²) >= 11 is 0. The summed E-state index contributed by atoms with van der Waals surface area (Å²) in [6, 6.07) is 0.448. The molecule has 96 valence electrons. The molecule has 1 saturated heterocycles. The van der Waals surface area contributed by atoms with Gasteiger partial charge in [0.15, 0.2) is 0 Å². The molecule has 3 heteroatoms. The van der Waals surface area contributed by atoms with E-state index in [2.05, 4.69) is 26.2 Å². The van der Waals surface area contributed by atoms with Gasteiger partial charge in [0.2, 0.25) is 0 Å². The first-order valence-electron chi connectivity index (χ1n) is 6.59. The van der Waals surface area contributed by atoms with Crippen molar-refractivity contribution in [2.24, 2.45) is 11.3 Å². The van der Waals surface area contributed by atoms with Gasteiger partial charge in [-0.15, -0.1) is 0 Å². The third kappa shape index (κ3) is 5.83. The zero-order chi connectivity index (χ0) is 12.0. The fraction of sp³-hybridized carbons (Fsp3) is 1.00. The normalized spacial score (nSPS) is 23.6. The van der Waals surface area contributed by atoms with E-state index >= 15 is 0 Å². The second-order valence-corrected chi connectivity index (χ2v) is 6.18. The van der Waals surface area contributed by atoms with E-state index in [0.29, 0.717) is 17.6 Å². The van der Waals surface area contributed by atoms with Gasteiger partial charge in [-0.3, -0.25) is 11.3 Å². The van der Waals surface area contributed by atoms with Gasteiger partial charge in [-0.2, -0.15) is 0 Å². The standard InChI is InChI=1S/C13H28N2O/c1-13(2,3)9-8-11(15-14)6-7-12-5-4-10-16-12/h11-12,15H,4-10,14H2,1-3H3. The van der Waals surface area contributed by atoms with E-state index in [-0.39, 0.29) is 0 Å². The lowest BCUT2D eigenvalue weighted by Crippen LogP contribution is -2.36. The molecule has 1 rings (SSSR count). The largest absolute Gasteiger partial charge is 0.378 e. The second kappa shape index (κ2) is 6.58. The van der Waals surface area contributed by atoms with Gasteiger partial charge in [-0.25, -0.2) is 0 Å². The number of hydrogen-bond acceptors (Lipinski definition) is 3. The fourth-order valence-corrected chi connectivity index (χ4v) is 2.18. The Morgan fingerprint density at radius 1 is 1.38 bits per heavy atom. The van der Waals surface area contributed by atoms with Crippen molar-refractivity contribution >= 4 is 0 Å². The summed E-state index contributed by atoms with van der Waals surface area (Å²) in [6.07, 6.45) is 7.62. The molecule has 1 aliphatic rings. The van der Waals surface area contributed by atoms with Crippen molar-refractivity contribution in [2.75, 3.05) is 6.61 Å². The Bertz CT molecular complexity index is 183. The molecule has 3 N–H and O–H groups in total. The van der Waals surface area contributed by atoms with Crippen LogP contribution in [-0.4, -0.2) is 18.8 Å². The minimum atomic E-state index is 0.402. The molecule has 0 aromatic rings. The molecule has 16 heavy (non-hydrogen) atoms. The summed E-state index contributed by atoms with van der Waals surface area (Å²) in [4.78, 5) is 0. The lowest BCUT2D eigenvalue weighted by molar-refractivity contribution is 0.0988. The van der Waals surface area contributed by atoms with E-state index in [4.69, 9.17) is 10.6 Å². The van der Waals surface area contributed by atoms with E-state index in [9.17, 15) is 0 Å². The van der Waals surface area contributed by atoms with Crippen LogP contribution in [0, 0.1) is 5.41 Å². The zero-order valence-corrected chi connectivity index (χ0v) is 11.1. The molecular formula is C13H28N2O. The summed E-state index contributed by atoms with van der Waals surface area (Å²) in [5.74, 6) is 5.60. The highest BCUT2D eigenvalue weighted by Crippen LogP contribution is 2.24. The topological polar surface area (TPSA) is 47.3 Å². The minimum Gasteiger partial charge on any atom is -0.378 e. The van der Waals surface area contributed by atoms with Crippen molar-refractivity contribution < 1.29 is 4.74 Å². The zero-order valence-electron chi connectivity index (χ0n) is 11.1. The third-order valence-electron chi connectivity index (χ3n) is 3.34. The first kappa shape index (κ1) is 13.9. The molecule has 3 nitrogen and oxygen atoms in total. The highest BCUT2D eigenvalue weighted by atomic mass is 16.5. The highest BCUT2D eigenvalue weighted by Gasteiger charge is 2.19. The van der Waals surface area contributed by atoms with Gasteiger partial charge in [0.25, 0.3) is 0 Å². The molecule has 0 saturated carbocycles. The minimum absolute atomic E-state index is 0.402. The molecular weight excluding hydrogens is 200 g/mol. The Morgan fingerprint density at radius 3 is 2.62 bits per heavy atom. The first-order chi connectivity index (χ1) is 7.51. The van der Waals surface area contributed by atoms with E-state index in [1.165, 1.54) is 19.3 Å². The van der Waals surface area contributed by atoms with E-state index < -0.39 is 0 Å². The van der Waals surface area contributed by atoms with Gasteiger partial charge in [-0.05, 0) is 43.9 Å². The van der Waals surface area contributed by atoms with Crippen molar-refractivity contribution in [3.8, 4) is 0 Å². The van der Waals surface area contributed by atoms with Crippen LogP contribution in [0.5, 0.6) is 0 Å². The van der Waals surface area contributed by atoms with E-state index in [0.717, 1.165) is 25.9 Å². The number of nitrogens with one attached hydrogen (secondary N) is 1. The fourth-order valence-electron chi connectivity index (χ4n) is 2.18. The smallest absolute Gasteiger partial charge is 0.0576 e. The maximum absolute atomic E-state index is 5.62. The van der Waals surface area contributed by atoms with Crippen molar-refractivity contribution in [3.05, 3.63) is 0 Å². The monoisotopic (exact) mass is 228 g/mol. The van der Waals surface area contributed by atoms with Crippen LogP contribution in [0.1, 0.15) is 59.3 Å². The average molecular weight is 228 g/mol. The molecule has 2 atom stereocenters. The van der Waals surface area contributed by atoms with Crippen molar-refractivity contribution in [1.29, 1.82) is 0 Å². The summed E-state index contributed by atoms with van der Waals surface area (Å²) in [7, 11) is 0. The van der Waals surface area contributed by atoms with Crippen LogP contribution in [0.15, 0.2) is 0 Å². The first-order valence-corrected chi connectivity index (χ1v) is 6.59. The van der Waals surface area contributed by atoms with Gasteiger partial charge >= 0.3 is 0 Å². The van der Waals surface area contributed by atoms with Gasteiger partial charge in [0.05, 0.1) is 6.10 Å². The van der Waals surface area contributed by atoms with Gasteiger partial charge in [0.1, 0.15) is 0 Å². The quantitative estimate of drug-likeness (QED) is 0.542. The van der Waals surface area contributed by atoms with Crippen LogP contribution in [0.25, 0.3) is 0 Å². The molecule has 0 amide bonds. The molecule has 0 radical (unpaired) electrons. The Hall–Kier alpha value is -0.120. The molecule has 0 spiro atoms. The lowest BCUT2D eigenvalue weighted by atomic mass is 9.87. The third-order valence-corrected chi connectivity index (χ3v) is 3.34. The molecule has 0 aromatic heterocycles. The van der Waals surface area contributed by atoms with Crippen LogP contribution in [0.2, 0.25) is 0 Å². The average Bonchev–Trinajstić information content (AvgIpc) is 2.69. The number of hydrazine groups is 1. The molecule has 2 unspecified atom stereocenters. The predicted molar refractivity (Wildman–Crippen MR) is 68.0 cm³/mol. The summed E-state index contributed by atoms with van der Waals surface area (Å²) in [5, 5.41) is 0. The molecule has 1 aliphatic heterocycles. The number of ether oxygens (including phenoxy) is 1. The van der Waals surface area contributed by atoms with Gasteiger partial charge in [0, 0.05) is 12.6 Å². The SMILES string of the molecule is CC(C)(C)CCC(CCC1CCCO1)NN. The number of rotatable bonds is 6. The highest BCUT2D eigenvalue weighted by molar-refractivity contribution is 4.73. The van der Waals surface area contributed by atoms with Crippen LogP contribution < -0.4 is 11.3 Å². The van der Waals surface area contributed by atoms with Crippen LogP contribution in [-0.2, 0) is 4.74 Å². The number of hydrogen-bond donors (Lipinski definition) is 2. The van der Waals surface area contributed by atoms with Gasteiger partial charge in [-0.1, -0.05) is 20.8 Å². The van der Waals surface area contributed by atoms with Crippen LogP contribution in [0.3, 0.4) is 0 Å².